The number of halogens is 5. The molecule has 2 N–H and O–H groups in total. The molecule has 1 saturated carbocycles. The third-order valence-corrected chi connectivity index (χ3v) is 8.06. The molecule has 13 heteroatoms. The Balaban J connectivity index is 1.65. The number of anilines is 2. The number of ether oxygens (including phenoxy) is 1. The van der Waals surface area contributed by atoms with Crippen molar-refractivity contribution in [3.05, 3.63) is 69.3 Å². The highest BCUT2D eigenvalue weighted by atomic mass is 79.9. The number of hydrogen-bond donors (Lipinski definition) is 2. The molecule has 0 atom stereocenters. The molecule has 1 amide bonds. The summed E-state index contributed by atoms with van der Waals surface area (Å²) in [4.78, 5) is 35.1. The van der Waals surface area contributed by atoms with E-state index < -0.39 is 46.8 Å². The Hall–Kier alpha value is -3.74. The highest BCUT2D eigenvalue weighted by Crippen LogP contribution is 2.40. The number of nitrogens with one attached hydrogen (secondary N) is 1. The summed E-state index contributed by atoms with van der Waals surface area (Å²) in [5.41, 5.74) is -0.546. The normalized spacial score (nSPS) is 17.0. The molecule has 0 radical (unpaired) electrons. The van der Waals surface area contributed by atoms with Crippen LogP contribution in [0.25, 0.3) is 0 Å². The van der Waals surface area contributed by atoms with Crippen molar-refractivity contribution in [2.24, 2.45) is 11.8 Å². The number of benzene rings is 1. The van der Waals surface area contributed by atoms with Crippen LogP contribution in [0.3, 0.4) is 0 Å². The quantitative estimate of drug-likeness (QED) is 0.173. The molecule has 8 nitrogen and oxygen atoms in total. The van der Waals surface area contributed by atoms with Crippen LogP contribution in [0.4, 0.5) is 28.9 Å². The van der Waals surface area contributed by atoms with Gasteiger partial charge in [-0.3, -0.25) is 4.79 Å². The molecule has 0 unspecified atom stereocenters. The van der Waals surface area contributed by atoms with E-state index in [2.05, 4.69) is 38.1 Å². The fourth-order valence-electron chi connectivity index (χ4n) is 5.24. The minimum atomic E-state index is -4.92. The predicted molar refractivity (Wildman–Crippen MR) is 160 cm³/mol. The van der Waals surface area contributed by atoms with Gasteiger partial charge in [0.05, 0.1) is 22.6 Å². The zero-order valence-corrected chi connectivity index (χ0v) is 26.2. The lowest BCUT2D eigenvalue weighted by molar-refractivity contribution is -0.139. The predicted octanol–water partition coefficient (Wildman–Crippen LogP) is 8.38. The van der Waals surface area contributed by atoms with Crippen molar-refractivity contribution in [1.29, 1.82) is 0 Å². The van der Waals surface area contributed by atoms with E-state index in [4.69, 9.17) is 4.74 Å². The molecule has 1 aliphatic carbocycles. The van der Waals surface area contributed by atoms with Gasteiger partial charge < -0.3 is 20.1 Å². The summed E-state index contributed by atoms with van der Waals surface area (Å²) in [6.07, 6.45) is -0.816. The number of aromatic carboxylic acids is 1. The van der Waals surface area contributed by atoms with E-state index in [0.717, 1.165) is 37.2 Å². The molecular weight excluding hydrogens is 648 g/mol. The lowest BCUT2D eigenvalue weighted by Gasteiger charge is -2.34. The van der Waals surface area contributed by atoms with E-state index in [-0.39, 0.29) is 29.6 Å². The number of hydrogen-bond acceptors (Lipinski definition) is 6. The summed E-state index contributed by atoms with van der Waals surface area (Å²) in [6, 6.07) is 5.33. The minimum Gasteiger partial charge on any atom is -0.478 e. The van der Waals surface area contributed by atoms with E-state index in [1.807, 2.05) is 0 Å². The van der Waals surface area contributed by atoms with Crippen molar-refractivity contribution in [3.8, 4) is 11.6 Å². The summed E-state index contributed by atoms with van der Waals surface area (Å²) in [6.45, 7) is 7.18. The summed E-state index contributed by atoms with van der Waals surface area (Å²) in [5, 5.41) is 13.0. The number of carboxylic acid groups (broad SMARTS) is 1. The van der Waals surface area contributed by atoms with Gasteiger partial charge in [-0.25, -0.2) is 19.2 Å². The highest BCUT2D eigenvalue weighted by Gasteiger charge is 2.37. The van der Waals surface area contributed by atoms with Crippen LogP contribution in [0.15, 0.2) is 41.1 Å². The Labute approximate surface area is 261 Å². The summed E-state index contributed by atoms with van der Waals surface area (Å²) < 4.78 is 63.6. The number of carbonyl (C=O) groups is 2. The summed E-state index contributed by atoms with van der Waals surface area (Å²) in [7, 11) is 0. The third kappa shape index (κ3) is 7.66. The first kappa shape index (κ1) is 33.2. The van der Waals surface area contributed by atoms with Gasteiger partial charge in [0.1, 0.15) is 10.2 Å². The Morgan fingerprint density at radius 2 is 1.84 bits per heavy atom. The maximum absolute atomic E-state index is 15.5. The van der Waals surface area contributed by atoms with Crippen molar-refractivity contribution in [2.45, 2.75) is 72.1 Å². The van der Waals surface area contributed by atoms with Crippen molar-refractivity contribution >= 4 is 39.2 Å². The smallest absolute Gasteiger partial charge is 0.421 e. The van der Waals surface area contributed by atoms with Crippen molar-refractivity contribution in [2.75, 3.05) is 10.2 Å². The number of aromatic nitrogens is 2. The van der Waals surface area contributed by atoms with Gasteiger partial charge in [0.2, 0.25) is 11.8 Å². The van der Waals surface area contributed by atoms with Crippen LogP contribution in [0.1, 0.15) is 73.6 Å². The number of alkyl halides is 3. The fourth-order valence-corrected chi connectivity index (χ4v) is 5.64. The van der Waals surface area contributed by atoms with Gasteiger partial charge in [-0.1, -0.05) is 6.92 Å². The highest BCUT2D eigenvalue weighted by molar-refractivity contribution is 9.10. The molecule has 2 heterocycles. The average Bonchev–Trinajstić information content (AvgIpc) is 2.94. The molecule has 1 aliphatic rings. The fraction of sp³-hybridized carbons (Fsp3) is 0.419. The first-order chi connectivity index (χ1) is 20.6. The molecule has 0 saturated heterocycles. The van der Waals surface area contributed by atoms with Crippen LogP contribution in [-0.2, 0) is 17.5 Å². The summed E-state index contributed by atoms with van der Waals surface area (Å²) in [5.74, 6) is -4.54. The lowest BCUT2D eigenvalue weighted by Crippen LogP contribution is -2.43. The Morgan fingerprint density at radius 3 is 2.43 bits per heavy atom. The molecule has 0 spiro atoms. The molecule has 0 aliphatic heterocycles. The molecule has 3 aromatic rings. The second-order valence-corrected chi connectivity index (χ2v) is 12.1. The maximum Gasteiger partial charge on any atom is 0.421 e. The van der Waals surface area contributed by atoms with Gasteiger partial charge in [-0.15, -0.1) is 0 Å². The van der Waals surface area contributed by atoms with Crippen LogP contribution < -0.4 is 15.0 Å². The van der Waals surface area contributed by atoms with Gasteiger partial charge in [-0.05, 0) is 92.1 Å². The standard InChI is InChI=1S/C31H33BrF4N4O4/c1-16(2)40(29(41)20-7-5-17(3)6-8-20)25-13-23(33)26(12-21(25)30(42)43)44-28-22(31(34,35)36)11-19(15-38-28)14-37-24-9-10-27(32)39-18(24)4/h9-13,15-17,20,37H,5-8,14H2,1-4H3,(H,42,43)/t17-,20-. The van der Waals surface area contributed by atoms with Gasteiger partial charge in [0.15, 0.2) is 11.6 Å². The Morgan fingerprint density at radius 1 is 1.16 bits per heavy atom. The molecule has 44 heavy (non-hydrogen) atoms. The van der Waals surface area contributed by atoms with Crippen molar-refractivity contribution < 1.29 is 37.0 Å². The lowest BCUT2D eigenvalue weighted by atomic mass is 9.82. The van der Waals surface area contributed by atoms with Gasteiger partial charge in [-0.2, -0.15) is 13.2 Å². The minimum absolute atomic E-state index is 0.0221. The average molecular weight is 682 g/mol. The van der Waals surface area contributed by atoms with Crippen molar-refractivity contribution in [3.63, 3.8) is 0 Å². The molecule has 4 rings (SSSR count). The molecule has 2 aromatic heterocycles. The number of amides is 1. The topological polar surface area (TPSA) is 105 Å². The first-order valence-electron chi connectivity index (χ1n) is 14.2. The molecule has 1 aromatic carbocycles. The monoisotopic (exact) mass is 680 g/mol. The maximum atomic E-state index is 15.5. The SMILES string of the molecule is Cc1nc(Br)ccc1NCc1cnc(Oc2cc(C(=O)O)c(N(C(=O)[C@H]3CC[C@H](C)CC3)C(C)C)cc2F)c(C(F)(F)F)c1. The number of rotatable bonds is 9. The van der Waals surface area contributed by atoms with Crippen LogP contribution in [-0.4, -0.2) is 33.0 Å². The Bertz CT molecular complexity index is 1540. The zero-order chi connectivity index (χ0) is 32.3. The van der Waals surface area contributed by atoms with E-state index >= 15 is 4.39 Å². The van der Waals surface area contributed by atoms with Crippen LogP contribution in [0.2, 0.25) is 0 Å². The van der Waals surface area contributed by atoms with E-state index in [0.29, 0.717) is 34.7 Å². The Kier molecular flexibility index (Phi) is 10.2. The van der Waals surface area contributed by atoms with Gasteiger partial charge in [0, 0.05) is 36.8 Å². The van der Waals surface area contributed by atoms with Crippen LogP contribution in [0, 0.1) is 24.6 Å². The second kappa shape index (κ2) is 13.5. The number of carbonyl (C=O) groups excluding carboxylic acids is 1. The van der Waals surface area contributed by atoms with Crippen LogP contribution in [0.5, 0.6) is 11.6 Å². The van der Waals surface area contributed by atoms with E-state index in [1.54, 1.807) is 32.9 Å². The number of nitrogens with zero attached hydrogens (tertiary/aromatic N) is 3. The van der Waals surface area contributed by atoms with E-state index in [1.165, 1.54) is 4.90 Å². The number of carboxylic acids is 1. The van der Waals surface area contributed by atoms with E-state index in [9.17, 15) is 27.9 Å². The third-order valence-electron chi connectivity index (χ3n) is 7.61. The van der Waals surface area contributed by atoms with Crippen LogP contribution >= 0.6 is 15.9 Å². The number of aryl methyl sites for hydroxylation is 1. The molecule has 0 bridgehead atoms. The zero-order valence-electron chi connectivity index (χ0n) is 24.6. The molecular formula is C31H33BrF4N4O4. The van der Waals surface area contributed by atoms with Gasteiger partial charge >= 0.3 is 12.1 Å². The van der Waals surface area contributed by atoms with Gasteiger partial charge in [0.25, 0.3) is 0 Å². The number of pyridine rings is 2. The molecule has 236 valence electrons. The van der Waals surface area contributed by atoms with Crippen molar-refractivity contribution in [1.82, 2.24) is 9.97 Å². The second-order valence-electron chi connectivity index (χ2n) is 11.3. The summed E-state index contributed by atoms with van der Waals surface area (Å²) >= 11 is 3.25. The first-order valence-corrected chi connectivity index (χ1v) is 15.0. The molecule has 1 fully saturated rings. The largest absolute Gasteiger partial charge is 0.478 e.